The molecule has 0 bridgehead atoms. The van der Waals surface area contributed by atoms with Crippen molar-refractivity contribution in [1.82, 2.24) is 4.90 Å². The fraction of sp³-hybridized carbons (Fsp3) is 0.500. The molecule has 1 saturated heterocycles. The van der Waals surface area contributed by atoms with Crippen LogP contribution in [-0.2, 0) is 14.8 Å². The molecule has 1 amide bonds. The number of nitrogens with two attached hydrogens (primary N) is 2. The van der Waals surface area contributed by atoms with Crippen molar-refractivity contribution in [3.05, 3.63) is 35.9 Å². The number of amides is 1. The summed E-state index contributed by atoms with van der Waals surface area (Å²) in [6, 6.07) is 9.80. The minimum absolute atomic E-state index is 0.0625. The number of carbonyl (C=O) groups excluding carboxylic acids is 1. The van der Waals surface area contributed by atoms with Crippen LogP contribution in [-0.4, -0.2) is 44.1 Å². The number of rotatable bonds is 5. The zero-order valence-electron chi connectivity index (χ0n) is 11.8. The molecule has 1 aliphatic rings. The summed E-state index contributed by atoms with van der Waals surface area (Å²) < 4.78 is 21.7. The van der Waals surface area contributed by atoms with Crippen LogP contribution in [0.3, 0.4) is 0 Å². The minimum Gasteiger partial charge on any atom is -0.340 e. The van der Waals surface area contributed by atoms with Gasteiger partial charge in [0, 0.05) is 31.5 Å². The Bertz CT molecular complexity index is 589. The summed E-state index contributed by atoms with van der Waals surface area (Å²) in [5.74, 6) is -0.0956. The summed E-state index contributed by atoms with van der Waals surface area (Å²) in [6.07, 6.45) is 0.435. The Morgan fingerprint density at radius 2 is 1.90 bits per heavy atom. The average molecular weight is 311 g/mol. The molecular weight excluding hydrogens is 290 g/mol. The van der Waals surface area contributed by atoms with Gasteiger partial charge in [0.15, 0.2) is 0 Å². The molecule has 1 aromatic carbocycles. The van der Waals surface area contributed by atoms with Crippen molar-refractivity contribution < 1.29 is 13.2 Å². The number of hydrogen-bond donors (Lipinski definition) is 2. The Balaban J connectivity index is 1.90. The number of hydrogen-bond acceptors (Lipinski definition) is 4. The number of carbonyl (C=O) groups is 1. The SMILES string of the molecule is N[C@H]1CN(C(=O)CCCS(N)(=O)=O)C[C@@H]1c1ccccc1. The molecule has 1 aliphatic heterocycles. The lowest BCUT2D eigenvalue weighted by Gasteiger charge is -2.16. The van der Waals surface area contributed by atoms with Crippen molar-refractivity contribution in [1.29, 1.82) is 0 Å². The van der Waals surface area contributed by atoms with Crippen LogP contribution in [0.1, 0.15) is 24.3 Å². The molecule has 0 saturated carbocycles. The van der Waals surface area contributed by atoms with Crippen molar-refractivity contribution in [2.24, 2.45) is 10.9 Å². The van der Waals surface area contributed by atoms with E-state index in [-0.39, 0.29) is 36.5 Å². The molecule has 1 aromatic rings. The maximum Gasteiger partial charge on any atom is 0.222 e. The van der Waals surface area contributed by atoms with Crippen molar-refractivity contribution in [2.45, 2.75) is 24.8 Å². The molecular formula is C14H21N3O3S. The van der Waals surface area contributed by atoms with E-state index in [9.17, 15) is 13.2 Å². The molecule has 21 heavy (non-hydrogen) atoms. The van der Waals surface area contributed by atoms with E-state index >= 15 is 0 Å². The van der Waals surface area contributed by atoms with Gasteiger partial charge in [0.1, 0.15) is 0 Å². The van der Waals surface area contributed by atoms with Crippen LogP contribution in [0, 0.1) is 0 Å². The lowest BCUT2D eigenvalue weighted by atomic mass is 9.95. The molecule has 0 aliphatic carbocycles. The molecule has 1 heterocycles. The Morgan fingerprint density at radius 3 is 2.52 bits per heavy atom. The highest BCUT2D eigenvalue weighted by Gasteiger charge is 2.33. The van der Waals surface area contributed by atoms with Gasteiger partial charge in [0.2, 0.25) is 15.9 Å². The molecule has 0 radical (unpaired) electrons. The standard InChI is InChI=1S/C14H21N3O3S/c15-13-10-17(14(18)7-4-8-21(16,19)20)9-12(13)11-5-2-1-3-6-11/h1-3,5-6,12-13H,4,7-10,15H2,(H2,16,19,20)/t12-,13+/m1/s1. The molecule has 7 heteroatoms. The first kappa shape index (κ1) is 15.9. The summed E-state index contributed by atoms with van der Waals surface area (Å²) in [7, 11) is -3.50. The summed E-state index contributed by atoms with van der Waals surface area (Å²) in [5.41, 5.74) is 7.26. The predicted molar refractivity (Wildman–Crippen MR) is 80.9 cm³/mol. The second-order valence-corrected chi connectivity index (χ2v) is 7.18. The molecule has 6 nitrogen and oxygen atoms in total. The van der Waals surface area contributed by atoms with E-state index in [1.165, 1.54) is 0 Å². The van der Waals surface area contributed by atoms with E-state index in [0.717, 1.165) is 5.56 Å². The van der Waals surface area contributed by atoms with Gasteiger partial charge in [-0.3, -0.25) is 4.79 Å². The maximum absolute atomic E-state index is 12.1. The van der Waals surface area contributed by atoms with Crippen LogP contribution < -0.4 is 10.9 Å². The largest absolute Gasteiger partial charge is 0.340 e. The molecule has 0 spiro atoms. The van der Waals surface area contributed by atoms with E-state index in [0.29, 0.717) is 13.1 Å². The van der Waals surface area contributed by atoms with Crippen LogP contribution in [0.2, 0.25) is 0 Å². The summed E-state index contributed by atoms with van der Waals surface area (Å²) >= 11 is 0. The Hall–Kier alpha value is -1.44. The van der Waals surface area contributed by atoms with E-state index in [1.54, 1.807) is 4.90 Å². The van der Waals surface area contributed by atoms with Gasteiger partial charge in [-0.25, -0.2) is 13.6 Å². The normalized spacial score (nSPS) is 22.5. The van der Waals surface area contributed by atoms with Crippen LogP contribution >= 0.6 is 0 Å². The first-order valence-corrected chi connectivity index (χ1v) is 8.67. The van der Waals surface area contributed by atoms with Crippen LogP contribution in [0.15, 0.2) is 30.3 Å². The number of sulfonamides is 1. The maximum atomic E-state index is 12.1. The van der Waals surface area contributed by atoms with Gasteiger partial charge in [0.25, 0.3) is 0 Å². The monoisotopic (exact) mass is 311 g/mol. The molecule has 116 valence electrons. The van der Waals surface area contributed by atoms with Crippen molar-refractivity contribution >= 4 is 15.9 Å². The fourth-order valence-corrected chi connectivity index (χ4v) is 3.21. The minimum atomic E-state index is -3.50. The number of nitrogens with zero attached hydrogens (tertiary/aromatic N) is 1. The van der Waals surface area contributed by atoms with Crippen LogP contribution in [0.4, 0.5) is 0 Å². The lowest BCUT2D eigenvalue weighted by molar-refractivity contribution is -0.130. The predicted octanol–water partition coefficient (Wildman–Crippen LogP) is 0.00840. The Kier molecular flexibility index (Phi) is 4.97. The topological polar surface area (TPSA) is 106 Å². The van der Waals surface area contributed by atoms with Gasteiger partial charge in [-0.15, -0.1) is 0 Å². The van der Waals surface area contributed by atoms with Crippen LogP contribution in [0.5, 0.6) is 0 Å². The molecule has 0 unspecified atom stereocenters. The van der Waals surface area contributed by atoms with E-state index in [1.807, 2.05) is 30.3 Å². The van der Waals surface area contributed by atoms with Crippen molar-refractivity contribution in [2.75, 3.05) is 18.8 Å². The van der Waals surface area contributed by atoms with E-state index < -0.39 is 10.0 Å². The molecule has 0 aromatic heterocycles. The fourth-order valence-electron chi connectivity index (χ4n) is 2.67. The molecule has 1 fully saturated rings. The van der Waals surface area contributed by atoms with Gasteiger partial charge < -0.3 is 10.6 Å². The summed E-state index contributed by atoms with van der Waals surface area (Å²) in [4.78, 5) is 13.8. The first-order valence-electron chi connectivity index (χ1n) is 6.95. The highest BCUT2D eigenvalue weighted by atomic mass is 32.2. The Labute approximate surface area is 125 Å². The first-order chi connectivity index (χ1) is 9.87. The number of likely N-dealkylation sites (tertiary alicyclic amines) is 1. The zero-order valence-corrected chi connectivity index (χ0v) is 12.6. The Morgan fingerprint density at radius 1 is 1.24 bits per heavy atom. The van der Waals surface area contributed by atoms with Crippen molar-refractivity contribution in [3.63, 3.8) is 0 Å². The lowest BCUT2D eigenvalue weighted by Crippen LogP contribution is -2.32. The average Bonchev–Trinajstić information content (AvgIpc) is 2.80. The zero-order chi connectivity index (χ0) is 15.5. The van der Waals surface area contributed by atoms with Gasteiger partial charge >= 0.3 is 0 Å². The van der Waals surface area contributed by atoms with Crippen LogP contribution in [0.25, 0.3) is 0 Å². The smallest absolute Gasteiger partial charge is 0.222 e. The molecule has 2 rings (SSSR count). The quantitative estimate of drug-likeness (QED) is 0.798. The van der Waals surface area contributed by atoms with Gasteiger partial charge in [-0.05, 0) is 12.0 Å². The van der Waals surface area contributed by atoms with Crippen molar-refractivity contribution in [3.8, 4) is 0 Å². The van der Waals surface area contributed by atoms with Gasteiger partial charge in [-0.1, -0.05) is 30.3 Å². The van der Waals surface area contributed by atoms with Gasteiger partial charge in [-0.2, -0.15) is 0 Å². The number of benzene rings is 1. The third kappa shape index (κ3) is 4.52. The summed E-state index contributed by atoms with van der Waals surface area (Å²) in [6.45, 7) is 1.09. The highest BCUT2D eigenvalue weighted by molar-refractivity contribution is 7.89. The van der Waals surface area contributed by atoms with Gasteiger partial charge in [0.05, 0.1) is 5.75 Å². The molecule has 4 N–H and O–H groups in total. The third-order valence-electron chi connectivity index (χ3n) is 3.77. The summed E-state index contributed by atoms with van der Waals surface area (Å²) in [5, 5.41) is 4.92. The number of primary sulfonamides is 1. The highest BCUT2D eigenvalue weighted by Crippen LogP contribution is 2.26. The second kappa shape index (κ2) is 6.55. The van der Waals surface area contributed by atoms with E-state index in [4.69, 9.17) is 10.9 Å². The third-order valence-corrected chi connectivity index (χ3v) is 4.62. The molecule has 2 atom stereocenters. The van der Waals surface area contributed by atoms with E-state index in [2.05, 4.69) is 0 Å². The second-order valence-electron chi connectivity index (χ2n) is 5.45.